The van der Waals surface area contributed by atoms with Gasteiger partial charge in [-0.3, -0.25) is 10.7 Å². The second kappa shape index (κ2) is 14.6. The van der Waals surface area contributed by atoms with Crippen molar-refractivity contribution >= 4 is 23.3 Å². The molecular formula is C32H39N5O7. The minimum atomic E-state index is -1.20. The molecule has 5 N–H and O–H groups in total. The van der Waals surface area contributed by atoms with Crippen LogP contribution in [0.3, 0.4) is 0 Å². The van der Waals surface area contributed by atoms with E-state index in [-0.39, 0.29) is 19.6 Å². The predicted molar refractivity (Wildman–Crippen MR) is 165 cm³/mol. The molecule has 1 aliphatic heterocycles. The summed E-state index contributed by atoms with van der Waals surface area (Å²) in [6.45, 7) is 1.51. The highest BCUT2D eigenvalue weighted by Gasteiger charge is 2.31. The van der Waals surface area contributed by atoms with E-state index < -0.39 is 18.1 Å². The van der Waals surface area contributed by atoms with Crippen molar-refractivity contribution in [3.63, 3.8) is 0 Å². The first-order valence-electron chi connectivity index (χ1n) is 14.8. The van der Waals surface area contributed by atoms with Gasteiger partial charge in [-0.2, -0.15) is 5.10 Å². The van der Waals surface area contributed by atoms with Gasteiger partial charge in [0, 0.05) is 18.5 Å². The highest BCUT2D eigenvalue weighted by atomic mass is 16.6. The van der Waals surface area contributed by atoms with Crippen LogP contribution in [0.4, 0.5) is 4.79 Å². The number of aliphatic carboxylic acids is 1. The van der Waals surface area contributed by atoms with E-state index in [1.807, 2.05) is 42.5 Å². The zero-order chi connectivity index (χ0) is 30.9. The number of ether oxygens (including phenoxy) is 4. The molecule has 2 aromatic carbocycles. The van der Waals surface area contributed by atoms with Crippen molar-refractivity contribution in [2.75, 3.05) is 34.0 Å². The van der Waals surface area contributed by atoms with E-state index in [1.54, 1.807) is 14.2 Å². The summed E-state index contributed by atoms with van der Waals surface area (Å²) in [5.74, 6) is 1.17. The molecule has 0 saturated carbocycles. The maximum atomic E-state index is 12.3. The van der Waals surface area contributed by atoms with Gasteiger partial charge in [0.1, 0.15) is 18.5 Å². The molecule has 1 amide bonds. The molecule has 0 aromatic heterocycles. The Bertz CT molecular complexity index is 1450. The Balaban J connectivity index is 1.30. The number of amides is 1. The van der Waals surface area contributed by atoms with Crippen LogP contribution >= 0.6 is 0 Å². The van der Waals surface area contributed by atoms with Gasteiger partial charge in [-0.15, -0.1) is 0 Å². The first-order chi connectivity index (χ1) is 21.5. The average molecular weight is 606 g/mol. The number of nitrogens with zero attached hydrogens (tertiary/aromatic N) is 1. The summed E-state index contributed by atoms with van der Waals surface area (Å²) in [5.41, 5.74) is 9.51. The van der Waals surface area contributed by atoms with Gasteiger partial charge in [-0.1, -0.05) is 30.3 Å². The first kappa shape index (κ1) is 30.7. The largest absolute Gasteiger partial charge is 0.492 e. The van der Waals surface area contributed by atoms with Crippen molar-refractivity contribution in [2.24, 2.45) is 5.10 Å². The molecule has 1 atom stereocenters. The van der Waals surface area contributed by atoms with E-state index in [4.69, 9.17) is 24.0 Å². The van der Waals surface area contributed by atoms with Gasteiger partial charge in [-0.05, 0) is 66.5 Å². The molecule has 0 radical (unpaired) electrons. The Morgan fingerprint density at radius 3 is 2.57 bits per heavy atom. The van der Waals surface area contributed by atoms with E-state index >= 15 is 0 Å². The lowest BCUT2D eigenvalue weighted by molar-refractivity contribution is -0.139. The molecule has 0 fully saturated rings. The number of fused-ring (bicyclic) bond motifs is 2. The summed E-state index contributed by atoms with van der Waals surface area (Å²) >= 11 is 0. The Hall–Kier alpha value is -4.71. The number of rotatable bonds is 12. The van der Waals surface area contributed by atoms with Gasteiger partial charge in [0.25, 0.3) is 0 Å². The van der Waals surface area contributed by atoms with Crippen LogP contribution in [0.5, 0.6) is 17.2 Å². The molecule has 3 aliphatic rings. The lowest BCUT2D eigenvalue weighted by atomic mass is 9.95. The van der Waals surface area contributed by atoms with E-state index in [9.17, 15) is 14.7 Å². The van der Waals surface area contributed by atoms with Crippen LogP contribution in [0.1, 0.15) is 48.8 Å². The number of hydrazone groups is 1. The molecule has 0 spiro atoms. The number of carbonyl (C=O) groups excluding carboxylic acids is 1. The Labute approximate surface area is 256 Å². The molecule has 5 rings (SSSR count). The highest BCUT2D eigenvalue weighted by Crippen LogP contribution is 2.50. The summed E-state index contributed by atoms with van der Waals surface area (Å²) < 4.78 is 23.0. The topological polar surface area (TPSA) is 152 Å². The monoisotopic (exact) mass is 605 g/mol. The van der Waals surface area contributed by atoms with Crippen molar-refractivity contribution in [3.05, 3.63) is 70.6 Å². The third-order valence-corrected chi connectivity index (χ3v) is 7.82. The zero-order valence-corrected chi connectivity index (χ0v) is 25.0. The quantitative estimate of drug-likeness (QED) is 0.227. The molecular weight excluding hydrogens is 566 g/mol. The second-order valence-electron chi connectivity index (χ2n) is 10.6. The fraction of sp³-hybridized carbons (Fsp3) is 0.406. The highest BCUT2D eigenvalue weighted by molar-refractivity contribution is 6.09. The Morgan fingerprint density at radius 1 is 1.05 bits per heavy atom. The van der Waals surface area contributed by atoms with Crippen LogP contribution in [0.2, 0.25) is 0 Å². The number of aryl methyl sites for hydroxylation is 1. The van der Waals surface area contributed by atoms with Gasteiger partial charge in [0.2, 0.25) is 5.75 Å². The lowest BCUT2D eigenvalue weighted by Crippen LogP contribution is -2.42. The molecule has 2 aliphatic carbocycles. The summed E-state index contributed by atoms with van der Waals surface area (Å²) in [5, 5.41) is 23.4. The smallest absolute Gasteiger partial charge is 0.408 e. The number of benzene rings is 2. The predicted octanol–water partition coefficient (Wildman–Crippen LogP) is 3.67. The number of carbonyl (C=O) groups is 2. The number of methoxy groups -OCH3 is 2. The Kier molecular flexibility index (Phi) is 10.2. The van der Waals surface area contributed by atoms with Crippen molar-refractivity contribution in [3.8, 4) is 17.2 Å². The molecule has 12 heteroatoms. The third-order valence-electron chi connectivity index (χ3n) is 7.82. The molecule has 0 bridgehead atoms. The van der Waals surface area contributed by atoms with Crippen molar-refractivity contribution in [2.45, 2.75) is 51.2 Å². The minimum absolute atomic E-state index is 0.00943. The van der Waals surface area contributed by atoms with Crippen LogP contribution in [-0.4, -0.2) is 63.0 Å². The summed E-state index contributed by atoms with van der Waals surface area (Å²) in [6.07, 6.45) is 5.52. The number of alkyl carbamates (subject to hydrolysis) is 1. The maximum Gasteiger partial charge on any atom is 0.408 e. The second-order valence-corrected chi connectivity index (χ2v) is 10.6. The van der Waals surface area contributed by atoms with Crippen LogP contribution in [0.15, 0.2) is 59.0 Å². The maximum absolute atomic E-state index is 12.3. The van der Waals surface area contributed by atoms with Gasteiger partial charge in [-0.25, -0.2) is 9.59 Å². The number of hydrogen-bond donors (Lipinski definition) is 5. The fourth-order valence-corrected chi connectivity index (χ4v) is 5.70. The number of carboxylic acid groups (broad SMARTS) is 1. The van der Waals surface area contributed by atoms with Crippen LogP contribution in [0.25, 0.3) is 5.57 Å². The average Bonchev–Trinajstić information content (AvgIpc) is 3.47. The molecule has 234 valence electrons. The van der Waals surface area contributed by atoms with Crippen molar-refractivity contribution in [1.29, 1.82) is 0 Å². The molecule has 2 aromatic rings. The fourth-order valence-electron chi connectivity index (χ4n) is 5.70. The van der Waals surface area contributed by atoms with Crippen LogP contribution in [-0.2, 0) is 22.6 Å². The van der Waals surface area contributed by atoms with Gasteiger partial charge in [0.05, 0.1) is 33.2 Å². The number of hydrogen-bond acceptors (Lipinski definition) is 10. The molecule has 1 unspecified atom stereocenters. The summed E-state index contributed by atoms with van der Waals surface area (Å²) in [4.78, 5) is 24.2. The summed E-state index contributed by atoms with van der Waals surface area (Å²) in [7, 11) is 3.16. The SMILES string of the molecule is COc1c(OCCC(NC(=O)OCc2ccccc2)C(=O)O)cc2c(c1OC)C1=C(CCC1)C(=NNC1=CCNCN1)CC2. The number of allylic oxidation sites excluding steroid dienone is 2. The van der Waals surface area contributed by atoms with Crippen molar-refractivity contribution in [1.82, 2.24) is 21.4 Å². The van der Waals surface area contributed by atoms with E-state index in [2.05, 4.69) is 21.4 Å². The van der Waals surface area contributed by atoms with Crippen molar-refractivity contribution < 1.29 is 33.6 Å². The van der Waals surface area contributed by atoms with Gasteiger partial charge >= 0.3 is 12.1 Å². The molecule has 44 heavy (non-hydrogen) atoms. The molecule has 12 nitrogen and oxygen atoms in total. The van der Waals surface area contributed by atoms with Gasteiger partial charge < -0.3 is 34.7 Å². The van der Waals surface area contributed by atoms with Crippen LogP contribution < -0.4 is 35.6 Å². The normalized spacial score (nSPS) is 17.3. The number of nitrogens with one attached hydrogen (secondary N) is 4. The molecule has 1 heterocycles. The standard InChI is InChI=1S/C32H39N5O7/c1-41-29-26(43-16-14-25(31(38)39)35-32(40)44-18-20-7-4-3-5-8-20)17-21-11-12-24(36-37-27-13-15-33-19-34-27)22-9-6-10-23(22)28(21)30(29)42-2/h3-5,7-8,13,17,25,33-34,37H,6,9-12,14-16,18-19H2,1-2H3,(H,35,40)(H,38,39). The van der Waals surface area contributed by atoms with E-state index in [0.717, 1.165) is 60.5 Å². The number of carboxylic acids is 1. The third kappa shape index (κ3) is 7.25. The first-order valence-corrected chi connectivity index (χ1v) is 14.8. The summed E-state index contributed by atoms with van der Waals surface area (Å²) in [6, 6.07) is 9.91. The van der Waals surface area contributed by atoms with Crippen LogP contribution in [0, 0.1) is 0 Å². The lowest BCUT2D eigenvalue weighted by Gasteiger charge is -2.21. The zero-order valence-electron chi connectivity index (χ0n) is 25.0. The van der Waals surface area contributed by atoms with E-state index in [1.165, 1.54) is 11.1 Å². The minimum Gasteiger partial charge on any atom is -0.492 e. The van der Waals surface area contributed by atoms with E-state index in [0.29, 0.717) is 30.3 Å². The van der Waals surface area contributed by atoms with Gasteiger partial charge in [0.15, 0.2) is 11.5 Å². The molecule has 0 saturated heterocycles. The Morgan fingerprint density at radius 2 is 1.84 bits per heavy atom.